The number of benzene rings is 10. The molecular formula is C67H42N6O. The van der Waals surface area contributed by atoms with Gasteiger partial charge < -0.3 is 13.6 Å². The van der Waals surface area contributed by atoms with Crippen molar-refractivity contribution in [2.75, 3.05) is 0 Å². The molecule has 0 unspecified atom stereocenters. The van der Waals surface area contributed by atoms with Crippen LogP contribution in [0, 0.1) is 11.3 Å². The van der Waals surface area contributed by atoms with E-state index in [1.807, 2.05) is 72.8 Å². The fraction of sp³-hybridized carbons (Fsp3) is 0.0448. The van der Waals surface area contributed by atoms with E-state index in [1.54, 1.807) is 0 Å². The molecule has 0 saturated heterocycles. The molecule has 1 aliphatic rings. The van der Waals surface area contributed by atoms with Crippen LogP contribution in [-0.4, -0.2) is 24.1 Å². The standard InChI is InChI=1S/C67H42N6O/c1-67(2)54-26-10-6-20-46(54)47-32-31-45(38-55(47)67)72-58-28-12-8-23-52(58)61-59(72)35-33-50-48-21-7-11-27-57(48)73(62(50)61)56-34-30-43(37-44(56)39-68)65-69-64(42-19-14-18-41(36-42)40-16-4-3-5-17-40)70-66(71-65)53-25-15-24-51-49-22-9-13-29-60(49)74-63(51)53/h3-38H,1-2H3. The lowest BCUT2D eigenvalue weighted by atomic mass is 9.82. The van der Waals surface area contributed by atoms with Gasteiger partial charge in [0.1, 0.15) is 17.2 Å². The summed E-state index contributed by atoms with van der Waals surface area (Å²) in [4.78, 5) is 15.6. The molecule has 14 aromatic rings. The van der Waals surface area contributed by atoms with E-state index >= 15 is 0 Å². The molecule has 4 aromatic heterocycles. The molecule has 4 heterocycles. The Morgan fingerprint density at radius 2 is 1.07 bits per heavy atom. The molecule has 0 amide bonds. The fourth-order valence-electron chi connectivity index (χ4n) is 12.0. The number of furan rings is 1. The Morgan fingerprint density at radius 1 is 0.432 bits per heavy atom. The van der Waals surface area contributed by atoms with Gasteiger partial charge in [-0.1, -0.05) is 166 Å². The van der Waals surface area contributed by atoms with Crippen molar-refractivity contribution in [2.24, 2.45) is 0 Å². The minimum atomic E-state index is -0.152. The Morgan fingerprint density at radius 3 is 1.91 bits per heavy atom. The van der Waals surface area contributed by atoms with Crippen molar-refractivity contribution >= 4 is 65.6 Å². The van der Waals surface area contributed by atoms with E-state index in [2.05, 4.69) is 175 Å². The fourth-order valence-corrected chi connectivity index (χ4v) is 12.0. The lowest BCUT2D eigenvalue weighted by Gasteiger charge is -2.22. The zero-order valence-electron chi connectivity index (χ0n) is 40.4. The van der Waals surface area contributed by atoms with Gasteiger partial charge in [0, 0.05) is 54.5 Å². The third kappa shape index (κ3) is 6.09. The second-order valence-corrected chi connectivity index (χ2v) is 19.8. The van der Waals surface area contributed by atoms with Crippen molar-refractivity contribution in [3.05, 3.63) is 235 Å². The van der Waals surface area contributed by atoms with E-state index < -0.39 is 0 Å². The van der Waals surface area contributed by atoms with Crippen LogP contribution in [0.1, 0.15) is 30.5 Å². The normalized spacial score (nSPS) is 12.8. The number of hydrogen-bond donors (Lipinski definition) is 0. The maximum absolute atomic E-state index is 11.3. The average molecular weight is 947 g/mol. The van der Waals surface area contributed by atoms with Crippen LogP contribution in [-0.2, 0) is 5.41 Å². The summed E-state index contributed by atoms with van der Waals surface area (Å²) in [5.41, 5.74) is 17.6. The lowest BCUT2D eigenvalue weighted by Crippen LogP contribution is -2.15. The summed E-state index contributed by atoms with van der Waals surface area (Å²) >= 11 is 0. The van der Waals surface area contributed by atoms with Crippen molar-refractivity contribution in [2.45, 2.75) is 19.3 Å². The molecule has 15 rings (SSSR count). The van der Waals surface area contributed by atoms with E-state index in [-0.39, 0.29) is 5.41 Å². The number of fused-ring (bicyclic) bond motifs is 13. The first-order chi connectivity index (χ1) is 36.4. The highest BCUT2D eigenvalue weighted by atomic mass is 16.3. The number of nitriles is 1. The molecule has 0 N–H and O–H groups in total. The highest BCUT2D eigenvalue weighted by Crippen LogP contribution is 2.50. The number of rotatable bonds is 6. The van der Waals surface area contributed by atoms with Gasteiger partial charge in [-0.25, -0.2) is 15.0 Å². The van der Waals surface area contributed by atoms with E-state index in [9.17, 15) is 5.26 Å². The third-order valence-electron chi connectivity index (χ3n) is 15.4. The van der Waals surface area contributed by atoms with Crippen molar-refractivity contribution in [3.8, 4) is 73.9 Å². The van der Waals surface area contributed by atoms with Crippen molar-refractivity contribution in [3.63, 3.8) is 0 Å². The van der Waals surface area contributed by atoms with Crippen molar-refractivity contribution in [1.82, 2.24) is 24.1 Å². The molecular weight excluding hydrogens is 905 g/mol. The molecule has 10 aromatic carbocycles. The summed E-state index contributed by atoms with van der Waals surface area (Å²) in [5.74, 6) is 1.43. The predicted molar refractivity (Wildman–Crippen MR) is 300 cm³/mol. The summed E-state index contributed by atoms with van der Waals surface area (Å²) in [6.07, 6.45) is 0. The van der Waals surface area contributed by atoms with Crippen LogP contribution in [0.3, 0.4) is 0 Å². The Labute approximate surface area is 425 Å². The molecule has 1 aliphatic carbocycles. The first-order valence-corrected chi connectivity index (χ1v) is 25.0. The second kappa shape index (κ2) is 15.8. The SMILES string of the molecule is CC1(C)c2ccccc2-c2ccc(-n3c4ccccc4c4c3ccc3c5ccccc5n(-c5ccc(-c6nc(-c7cccc(-c8ccccc8)c7)nc(-c7cccc8c7oc7ccccc78)n6)cc5C#N)c34)cc21. The Hall–Kier alpha value is -9.90. The van der Waals surface area contributed by atoms with Crippen LogP contribution in [0.15, 0.2) is 223 Å². The highest BCUT2D eigenvalue weighted by Gasteiger charge is 2.36. The monoisotopic (exact) mass is 946 g/mol. The molecule has 0 bridgehead atoms. The lowest BCUT2D eigenvalue weighted by molar-refractivity contribution is 0.660. The molecule has 0 spiro atoms. The van der Waals surface area contributed by atoms with Gasteiger partial charge in [0.05, 0.1) is 38.9 Å². The van der Waals surface area contributed by atoms with E-state index in [4.69, 9.17) is 19.4 Å². The van der Waals surface area contributed by atoms with Crippen LogP contribution >= 0.6 is 0 Å². The Kier molecular flexibility index (Phi) is 8.93. The second-order valence-electron chi connectivity index (χ2n) is 19.8. The van der Waals surface area contributed by atoms with Gasteiger partial charge in [0.15, 0.2) is 17.5 Å². The summed E-state index contributed by atoms with van der Waals surface area (Å²) in [5, 5.41) is 17.8. The Bertz CT molecular complexity index is 4720. The minimum absolute atomic E-state index is 0.152. The zero-order valence-corrected chi connectivity index (χ0v) is 40.4. The summed E-state index contributed by atoms with van der Waals surface area (Å²) < 4.78 is 11.2. The van der Waals surface area contributed by atoms with Gasteiger partial charge in [-0.05, 0) is 100 Å². The smallest absolute Gasteiger partial charge is 0.167 e. The number of para-hydroxylation sites is 4. The van der Waals surface area contributed by atoms with E-state index in [1.165, 1.54) is 22.3 Å². The predicted octanol–water partition coefficient (Wildman–Crippen LogP) is 16.8. The van der Waals surface area contributed by atoms with Gasteiger partial charge in [0.25, 0.3) is 0 Å². The Balaban J connectivity index is 0.937. The molecule has 0 fully saturated rings. The molecule has 7 heteroatoms. The number of hydrogen-bond acceptors (Lipinski definition) is 5. The van der Waals surface area contributed by atoms with Gasteiger partial charge in [-0.3, -0.25) is 0 Å². The van der Waals surface area contributed by atoms with E-state index in [0.29, 0.717) is 34.2 Å². The van der Waals surface area contributed by atoms with Crippen LogP contribution in [0.4, 0.5) is 0 Å². The van der Waals surface area contributed by atoms with Crippen LogP contribution in [0.25, 0.3) is 133 Å². The zero-order chi connectivity index (χ0) is 49.2. The van der Waals surface area contributed by atoms with Crippen LogP contribution in [0.5, 0.6) is 0 Å². The molecule has 0 radical (unpaired) electrons. The largest absolute Gasteiger partial charge is 0.455 e. The molecule has 7 nitrogen and oxygen atoms in total. The van der Waals surface area contributed by atoms with Gasteiger partial charge in [0.2, 0.25) is 0 Å². The maximum atomic E-state index is 11.3. The molecule has 0 saturated carbocycles. The number of aromatic nitrogens is 5. The third-order valence-corrected chi connectivity index (χ3v) is 15.4. The first-order valence-electron chi connectivity index (χ1n) is 25.0. The maximum Gasteiger partial charge on any atom is 0.167 e. The summed E-state index contributed by atoms with van der Waals surface area (Å²) in [7, 11) is 0. The van der Waals surface area contributed by atoms with Crippen LogP contribution < -0.4 is 0 Å². The van der Waals surface area contributed by atoms with Gasteiger partial charge in [-0.15, -0.1) is 0 Å². The van der Waals surface area contributed by atoms with Gasteiger partial charge in [-0.2, -0.15) is 5.26 Å². The summed E-state index contributed by atoms with van der Waals surface area (Å²) in [6, 6.07) is 78.9. The van der Waals surface area contributed by atoms with E-state index in [0.717, 1.165) is 93.6 Å². The minimum Gasteiger partial charge on any atom is -0.455 e. The molecule has 0 aliphatic heterocycles. The number of nitrogens with zero attached hydrogens (tertiary/aromatic N) is 6. The van der Waals surface area contributed by atoms with Crippen LogP contribution in [0.2, 0.25) is 0 Å². The summed E-state index contributed by atoms with van der Waals surface area (Å²) in [6.45, 7) is 4.67. The quantitative estimate of drug-likeness (QED) is 0.166. The topological polar surface area (TPSA) is 85.5 Å². The first kappa shape index (κ1) is 41.8. The molecule has 74 heavy (non-hydrogen) atoms. The van der Waals surface area contributed by atoms with Gasteiger partial charge >= 0.3 is 0 Å². The van der Waals surface area contributed by atoms with Crippen molar-refractivity contribution in [1.29, 1.82) is 5.26 Å². The van der Waals surface area contributed by atoms with Crippen molar-refractivity contribution < 1.29 is 4.42 Å². The highest BCUT2D eigenvalue weighted by molar-refractivity contribution is 6.26. The molecule has 346 valence electrons. The average Bonchev–Trinajstić information content (AvgIpc) is 4.19. The molecule has 0 atom stereocenters.